The maximum absolute atomic E-state index is 13.0. The van der Waals surface area contributed by atoms with E-state index in [-0.39, 0.29) is 12.1 Å². The van der Waals surface area contributed by atoms with Gasteiger partial charge in [0.1, 0.15) is 0 Å². The van der Waals surface area contributed by atoms with E-state index in [2.05, 4.69) is 5.32 Å². The number of alkyl halides is 3. The second-order valence-electron chi connectivity index (χ2n) is 6.18. The first-order valence-corrected chi connectivity index (χ1v) is 8.66. The minimum Gasteiger partial charge on any atom is -0.305 e. The summed E-state index contributed by atoms with van der Waals surface area (Å²) in [5, 5.41) is 2.52. The number of rotatable bonds is 5. The molecule has 0 spiro atoms. The number of imide groups is 1. The minimum atomic E-state index is -4.67. The van der Waals surface area contributed by atoms with Crippen molar-refractivity contribution >= 4 is 29.1 Å². The molecule has 2 aromatic rings. The fourth-order valence-corrected chi connectivity index (χ4v) is 3.19. The van der Waals surface area contributed by atoms with Gasteiger partial charge >= 0.3 is 6.18 Å². The second kappa shape index (κ2) is 7.70. The molecular formula is C19H16ClF3N2O2. The van der Waals surface area contributed by atoms with Crippen LogP contribution in [0.25, 0.3) is 0 Å². The minimum absolute atomic E-state index is 0.0996. The molecule has 1 aliphatic heterocycles. The van der Waals surface area contributed by atoms with Crippen LogP contribution < -0.4 is 10.2 Å². The molecule has 1 N–H and O–H groups in total. The van der Waals surface area contributed by atoms with Crippen molar-refractivity contribution in [3.05, 3.63) is 64.7 Å². The molecule has 2 amide bonds. The summed E-state index contributed by atoms with van der Waals surface area (Å²) in [6.07, 6.45) is -4.11. The Bertz CT molecular complexity index is 856. The van der Waals surface area contributed by atoms with Gasteiger partial charge in [-0.1, -0.05) is 41.9 Å². The van der Waals surface area contributed by atoms with E-state index in [9.17, 15) is 22.8 Å². The van der Waals surface area contributed by atoms with Crippen molar-refractivity contribution < 1.29 is 22.8 Å². The van der Waals surface area contributed by atoms with E-state index in [0.717, 1.165) is 22.6 Å². The summed E-state index contributed by atoms with van der Waals surface area (Å²) in [7, 11) is 0. The van der Waals surface area contributed by atoms with Crippen molar-refractivity contribution in [2.75, 3.05) is 11.4 Å². The molecule has 1 saturated heterocycles. The van der Waals surface area contributed by atoms with E-state index in [0.29, 0.717) is 13.0 Å². The topological polar surface area (TPSA) is 49.4 Å². The fraction of sp³-hybridized carbons (Fsp3) is 0.263. The summed E-state index contributed by atoms with van der Waals surface area (Å²) >= 11 is 5.60. The maximum atomic E-state index is 13.0. The first kappa shape index (κ1) is 19.4. The highest BCUT2D eigenvalue weighted by Crippen LogP contribution is 2.37. The number of nitrogens with zero attached hydrogens (tertiary/aromatic N) is 1. The van der Waals surface area contributed by atoms with Crippen LogP contribution in [0.4, 0.5) is 18.9 Å². The fourth-order valence-electron chi connectivity index (χ4n) is 2.97. The van der Waals surface area contributed by atoms with E-state index in [1.54, 1.807) is 0 Å². The monoisotopic (exact) mass is 396 g/mol. The lowest BCUT2D eigenvalue weighted by Gasteiger charge is -2.18. The molecule has 1 heterocycles. The lowest BCUT2D eigenvalue weighted by molar-refractivity contribution is -0.137. The van der Waals surface area contributed by atoms with Crippen LogP contribution in [0.2, 0.25) is 5.02 Å². The van der Waals surface area contributed by atoms with Crippen molar-refractivity contribution in [2.45, 2.75) is 25.1 Å². The third kappa shape index (κ3) is 4.31. The van der Waals surface area contributed by atoms with Crippen LogP contribution >= 0.6 is 11.6 Å². The molecule has 0 saturated carbocycles. The van der Waals surface area contributed by atoms with Crippen LogP contribution in [0.3, 0.4) is 0 Å². The van der Waals surface area contributed by atoms with Crippen LogP contribution in [-0.2, 0) is 22.2 Å². The van der Waals surface area contributed by atoms with Gasteiger partial charge in [0, 0.05) is 0 Å². The molecule has 0 bridgehead atoms. The summed E-state index contributed by atoms with van der Waals surface area (Å²) in [5.41, 5.74) is -0.136. The van der Waals surface area contributed by atoms with E-state index in [1.807, 2.05) is 30.3 Å². The normalized spacial score (nSPS) is 17.6. The zero-order chi connectivity index (χ0) is 19.6. The molecule has 2 aromatic carbocycles. The highest BCUT2D eigenvalue weighted by molar-refractivity contribution is 6.31. The highest BCUT2D eigenvalue weighted by atomic mass is 35.5. The third-order valence-electron chi connectivity index (χ3n) is 4.31. The Hall–Kier alpha value is -2.38. The van der Waals surface area contributed by atoms with Gasteiger partial charge in [0.15, 0.2) is 0 Å². The van der Waals surface area contributed by atoms with Gasteiger partial charge in [0.2, 0.25) is 5.91 Å². The van der Waals surface area contributed by atoms with Crippen LogP contribution in [0.1, 0.15) is 17.5 Å². The Labute approximate surface area is 158 Å². The maximum Gasteiger partial charge on any atom is 0.417 e. The molecule has 0 aromatic heterocycles. The van der Waals surface area contributed by atoms with Crippen LogP contribution in [0.5, 0.6) is 0 Å². The van der Waals surface area contributed by atoms with E-state index >= 15 is 0 Å². The lowest BCUT2D eigenvalue weighted by Crippen LogP contribution is -2.39. The average Bonchev–Trinajstić information content (AvgIpc) is 2.89. The van der Waals surface area contributed by atoms with E-state index in [4.69, 9.17) is 11.6 Å². The number of benzene rings is 2. The van der Waals surface area contributed by atoms with Gasteiger partial charge in [-0.15, -0.1) is 0 Å². The number of nitrogens with one attached hydrogen (secondary N) is 1. The van der Waals surface area contributed by atoms with Gasteiger partial charge in [-0.3, -0.25) is 9.59 Å². The summed E-state index contributed by atoms with van der Waals surface area (Å²) in [6, 6.07) is 11.8. The number of hydrogen-bond acceptors (Lipinski definition) is 3. The Morgan fingerprint density at radius 1 is 1.11 bits per heavy atom. The second-order valence-corrected chi connectivity index (χ2v) is 6.58. The first-order valence-electron chi connectivity index (χ1n) is 8.28. The molecule has 0 aliphatic carbocycles. The standard InChI is InChI=1S/C19H16ClF3N2O2/c20-15-7-6-13(10-14(15)19(21,22)23)25-17(26)11-16(18(25)27)24-9-8-12-4-2-1-3-5-12/h1-7,10,16,24H,8-9,11H2/t16-/m0/s1. The summed E-state index contributed by atoms with van der Waals surface area (Å²) in [4.78, 5) is 25.5. The van der Waals surface area contributed by atoms with Gasteiger partial charge in [0.05, 0.1) is 28.7 Å². The Morgan fingerprint density at radius 2 is 1.81 bits per heavy atom. The van der Waals surface area contributed by atoms with Gasteiger partial charge in [0.25, 0.3) is 5.91 Å². The zero-order valence-electron chi connectivity index (χ0n) is 14.1. The Balaban J connectivity index is 1.71. The first-order chi connectivity index (χ1) is 12.8. The Morgan fingerprint density at radius 3 is 2.48 bits per heavy atom. The quantitative estimate of drug-likeness (QED) is 0.782. The average molecular weight is 397 g/mol. The summed E-state index contributed by atoms with van der Waals surface area (Å²) in [6.45, 7) is 0.468. The predicted octanol–water partition coefficient (Wildman–Crippen LogP) is 3.82. The molecule has 1 fully saturated rings. The van der Waals surface area contributed by atoms with Gasteiger partial charge < -0.3 is 5.32 Å². The number of amides is 2. The number of anilines is 1. The summed E-state index contributed by atoms with van der Waals surface area (Å²) < 4.78 is 39.1. The number of carbonyl (C=O) groups is 2. The SMILES string of the molecule is O=C1C[C@H](NCCc2ccccc2)C(=O)N1c1ccc(Cl)c(C(F)(F)F)c1. The number of carbonyl (C=O) groups excluding carboxylic acids is 2. The van der Waals surface area contributed by atoms with Crippen LogP contribution in [0, 0.1) is 0 Å². The number of halogens is 4. The summed E-state index contributed by atoms with van der Waals surface area (Å²) in [5.74, 6) is -1.11. The zero-order valence-corrected chi connectivity index (χ0v) is 14.8. The van der Waals surface area contributed by atoms with Crippen molar-refractivity contribution in [3.8, 4) is 0 Å². The largest absolute Gasteiger partial charge is 0.417 e. The van der Waals surface area contributed by atoms with Crippen molar-refractivity contribution in [1.82, 2.24) is 5.32 Å². The smallest absolute Gasteiger partial charge is 0.305 e. The molecule has 4 nitrogen and oxygen atoms in total. The van der Waals surface area contributed by atoms with E-state index < -0.39 is 34.6 Å². The molecule has 1 atom stereocenters. The molecule has 3 rings (SSSR count). The van der Waals surface area contributed by atoms with Gasteiger partial charge in [-0.25, -0.2) is 4.90 Å². The van der Waals surface area contributed by atoms with Gasteiger partial charge in [-0.2, -0.15) is 13.2 Å². The van der Waals surface area contributed by atoms with E-state index in [1.165, 1.54) is 6.07 Å². The molecule has 0 radical (unpaired) electrons. The Kier molecular flexibility index (Phi) is 5.53. The molecule has 142 valence electrons. The van der Waals surface area contributed by atoms with Crippen molar-refractivity contribution in [2.24, 2.45) is 0 Å². The molecular weight excluding hydrogens is 381 g/mol. The molecule has 27 heavy (non-hydrogen) atoms. The predicted molar refractivity (Wildman–Crippen MR) is 95.5 cm³/mol. The van der Waals surface area contributed by atoms with Crippen molar-refractivity contribution in [1.29, 1.82) is 0 Å². The molecule has 1 aliphatic rings. The molecule has 8 heteroatoms. The third-order valence-corrected chi connectivity index (χ3v) is 4.64. The van der Waals surface area contributed by atoms with Crippen LogP contribution in [0.15, 0.2) is 48.5 Å². The lowest BCUT2D eigenvalue weighted by atomic mass is 10.1. The van der Waals surface area contributed by atoms with Gasteiger partial charge in [-0.05, 0) is 36.7 Å². The number of hydrogen-bond donors (Lipinski definition) is 1. The van der Waals surface area contributed by atoms with Crippen molar-refractivity contribution in [3.63, 3.8) is 0 Å². The van der Waals surface area contributed by atoms with Crippen LogP contribution in [-0.4, -0.2) is 24.4 Å². The highest BCUT2D eigenvalue weighted by Gasteiger charge is 2.41. The molecule has 0 unspecified atom stereocenters.